The number of aryl methyl sites for hydroxylation is 1. The molecule has 0 atom stereocenters. The molecule has 0 aliphatic heterocycles. The lowest BCUT2D eigenvalue weighted by atomic mass is 10.1. The summed E-state index contributed by atoms with van der Waals surface area (Å²) in [5, 5.41) is 2.48. The molecule has 2 rings (SSSR count). The Morgan fingerprint density at radius 2 is 1.56 bits per heavy atom. The van der Waals surface area contributed by atoms with Gasteiger partial charge in [-0.1, -0.05) is 17.7 Å². The molecule has 0 saturated heterocycles. The molecule has 2 aromatic rings. The number of carbonyl (C=O) groups excluding carboxylic acids is 3. The van der Waals surface area contributed by atoms with E-state index in [9.17, 15) is 14.4 Å². The van der Waals surface area contributed by atoms with Crippen LogP contribution in [0.1, 0.15) is 26.3 Å². The third-order valence-corrected chi connectivity index (χ3v) is 3.65. The van der Waals surface area contributed by atoms with Crippen LogP contribution in [0.4, 0.5) is 0 Å². The Kier molecular flexibility index (Phi) is 6.76. The Balaban J connectivity index is 1.84. The summed E-state index contributed by atoms with van der Waals surface area (Å²) < 4.78 is 10.2. The first-order valence-electron chi connectivity index (χ1n) is 8.10. The predicted octanol–water partition coefficient (Wildman–Crippen LogP) is 1.20. The first-order chi connectivity index (χ1) is 12.9. The summed E-state index contributed by atoms with van der Waals surface area (Å²) in [6.45, 7) is 1.59. The van der Waals surface area contributed by atoms with Gasteiger partial charge in [-0.3, -0.25) is 25.2 Å². The maximum absolute atomic E-state index is 12.1. The van der Waals surface area contributed by atoms with Crippen LogP contribution in [-0.4, -0.2) is 38.5 Å². The first kappa shape index (κ1) is 19.8. The van der Waals surface area contributed by atoms with E-state index in [1.54, 1.807) is 24.3 Å². The molecule has 0 radical (unpaired) electrons. The molecule has 0 aromatic heterocycles. The van der Waals surface area contributed by atoms with Crippen molar-refractivity contribution in [1.82, 2.24) is 16.2 Å². The second-order valence-corrected chi connectivity index (χ2v) is 5.62. The van der Waals surface area contributed by atoms with Gasteiger partial charge in [0.05, 0.1) is 20.8 Å². The van der Waals surface area contributed by atoms with Crippen LogP contribution in [0.15, 0.2) is 42.5 Å². The Morgan fingerprint density at radius 1 is 0.852 bits per heavy atom. The maximum atomic E-state index is 12.1. The van der Waals surface area contributed by atoms with Gasteiger partial charge in [0.2, 0.25) is 0 Å². The number of rotatable bonds is 6. The summed E-state index contributed by atoms with van der Waals surface area (Å²) >= 11 is 0. The van der Waals surface area contributed by atoms with E-state index in [-0.39, 0.29) is 18.0 Å². The highest BCUT2D eigenvalue weighted by atomic mass is 16.5. The largest absolute Gasteiger partial charge is 0.493 e. The minimum Gasteiger partial charge on any atom is -0.493 e. The summed E-state index contributed by atoms with van der Waals surface area (Å²) in [7, 11) is 2.95. The van der Waals surface area contributed by atoms with Crippen molar-refractivity contribution in [3.05, 3.63) is 59.2 Å². The van der Waals surface area contributed by atoms with Crippen LogP contribution in [0.5, 0.6) is 11.5 Å². The fourth-order valence-corrected chi connectivity index (χ4v) is 2.27. The van der Waals surface area contributed by atoms with E-state index < -0.39 is 11.8 Å². The van der Waals surface area contributed by atoms with E-state index in [4.69, 9.17) is 9.47 Å². The molecule has 2 aromatic carbocycles. The Morgan fingerprint density at radius 3 is 2.22 bits per heavy atom. The number of methoxy groups -OCH3 is 2. The molecule has 3 amide bonds. The van der Waals surface area contributed by atoms with Gasteiger partial charge in [0.15, 0.2) is 11.5 Å². The molecule has 0 unspecified atom stereocenters. The highest BCUT2D eigenvalue weighted by molar-refractivity contribution is 5.98. The Bertz CT molecular complexity index is 851. The van der Waals surface area contributed by atoms with Crippen molar-refractivity contribution in [2.24, 2.45) is 0 Å². The third-order valence-electron chi connectivity index (χ3n) is 3.65. The van der Waals surface area contributed by atoms with Crippen molar-refractivity contribution in [3.8, 4) is 11.5 Å². The van der Waals surface area contributed by atoms with Crippen LogP contribution in [0.3, 0.4) is 0 Å². The van der Waals surface area contributed by atoms with Gasteiger partial charge >= 0.3 is 0 Å². The summed E-state index contributed by atoms with van der Waals surface area (Å²) in [6.07, 6.45) is 0. The van der Waals surface area contributed by atoms with Crippen LogP contribution in [0.2, 0.25) is 0 Å². The van der Waals surface area contributed by atoms with Crippen LogP contribution < -0.4 is 25.6 Å². The van der Waals surface area contributed by atoms with Gasteiger partial charge in [0.1, 0.15) is 0 Å². The van der Waals surface area contributed by atoms with Gasteiger partial charge in [-0.05, 0) is 37.3 Å². The normalized spacial score (nSPS) is 9.89. The number of hydrogen-bond acceptors (Lipinski definition) is 5. The quantitative estimate of drug-likeness (QED) is 0.662. The highest BCUT2D eigenvalue weighted by Crippen LogP contribution is 2.27. The van der Waals surface area contributed by atoms with Gasteiger partial charge in [-0.25, -0.2) is 0 Å². The van der Waals surface area contributed by atoms with Gasteiger partial charge in [0, 0.05) is 11.1 Å². The number of nitrogens with one attached hydrogen (secondary N) is 3. The number of hydrogen-bond donors (Lipinski definition) is 3. The zero-order chi connectivity index (χ0) is 19.8. The number of benzene rings is 2. The molecule has 0 fully saturated rings. The SMILES string of the molecule is COc1ccc(C(=O)NNC(=O)CNC(=O)c2cccc(C)c2)cc1OC. The van der Waals surface area contributed by atoms with Crippen molar-refractivity contribution in [2.45, 2.75) is 6.92 Å². The lowest BCUT2D eigenvalue weighted by Crippen LogP contribution is -2.46. The fourth-order valence-electron chi connectivity index (χ4n) is 2.27. The summed E-state index contributed by atoms with van der Waals surface area (Å²) in [6, 6.07) is 11.6. The Hall–Kier alpha value is -3.55. The topological polar surface area (TPSA) is 106 Å². The molecule has 0 saturated carbocycles. The Labute approximate surface area is 156 Å². The minimum absolute atomic E-state index is 0.275. The summed E-state index contributed by atoms with van der Waals surface area (Å²) in [5.74, 6) is -0.599. The average molecular weight is 371 g/mol. The molecule has 0 aliphatic carbocycles. The maximum Gasteiger partial charge on any atom is 0.269 e. The average Bonchev–Trinajstić information content (AvgIpc) is 2.69. The lowest BCUT2D eigenvalue weighted by Gasteiger charge is -2.11. The van der Waals surface area contributed by atoms with Crippen LogP contribution in [0, 0.1) is 6.92 Å². The minimum atomic E-state index is -0.565. The fraction of sp³-hybridized carbons (Fsp3) is 0.211. The molecule has 0 heterocycles. The van der Waals surface area contributed by atoms with E-state index in [0.717, 1.165) is 5.56 Å². The number of ether oxygens (including phenoxy) is 2. The van der Waals surface area contributed by atoms with Crippen molar-refractivity contribution in [2.75, 3.05) is 20.8 Å². The van der Waals surface area contributed by atoms with Gasteiger partial charge in [-0.15, -0.1) is 0 Å². The molecular formula is C19H21N3O5. The van der Waals surface area contributed by atoms with Gasteiger partial charge in [0.25, 0.3) is 17.7 Å². The molecule has 27 heavy (non-hydrogen) atoms. The molecular weight excluding hydrogens is 350 g/mol. The second kappa shape index (κ2) is 9.23. The lowest BCUT2D eigenvalue weighted by molar-refractivity contribution is -0.120. The van der Waals surface area contributed by atoms with Crippen LogP contribution in [-0.2, 0) is 4.79 Å². The van der Waals surface area contributed by atoms with Crippen LogP contribution in [0.25, 0.3) is 0 Å². The van der Waals surface area contributed by atoms with Crippen LogP contribution >= 0.6 is 0 Å². The van der Waals surface area contributed by atoms with Crippen molar-refractivity contribution >= 4 is 17.7 Å². The number of carbonyl (C=O) groups is 3. The summed E-state index contributed by atoms with van der Waals surface area (Å²) in [5.41, 5.74) is 6.18. The molecule has 3 N–H and O–H groups in total. The van der Waals surface area contributed by atoms with E-state index in [1.165, 1.54) is 26.4 Å². The van der Waals surface area contributed by atoms with Gasteiger partial charge in [-0.2, -0.15) is 0 Å². The molecule has 0 aliphatic rings. The predicted molar refractivity (Wildman–Crippen MR) is 98.7 cm³/mol. The van der Waals surface area contributed by atoms with Gasteiger partial charge < -0.3 is 14.8 Å². The second-order valence-electron chi connectivity index (χ2n) is 5.62. The third kappa shape index (κ3) is 5.46. The zero-order valence-electron chi connectivity index (χ0n) is 15.3. The molecule has 8 heteroatoms. The number of amides is 3. The standard InChI is InChI=1S/C19H21N3O5/c1-12-5-4-6-13(9-12)18(24)20-11-17(23)21-22-19(25)14-7-8-15(26-2)16(10-14)27-3/h4-10H,11H2,1-3H3,(H,20,24)(H,21,23)(H,22,25). The molecule has 142 valence electrons. The first-order valence-corrected chi connectivity index (χ1v) is 8.10. The molecule has 8 nitrogen and oxygen atoms in total. The van der Waals surface area contributed by atoms with Crippen molar-refractivity contribution in [3.63, 3.8) is 0 Å². The molecule has 0 bridgehead atoms. The van der Waals surface area contributed by atoms with E-state index in [2.05, 4.69) is 16.2 Å². The smallest absolute Gasteiger partial charge is 0.269 e. The van der Waals surface area contributed by atoms with Crippen molar-refractivity contribution < 1.29 is 23.9 Å². The molecule has 0 spiro atoms. The van der Waals surface area contributed by atoms with Crippen molar-refractivity contribution in [1.29, 1.82) is 0 Å². The van der Waals surface area contributed by atoms with E-state index in [1.807, 2.05) is 13.0 Å². The highest BCUT2D eigenvalue weighted by Gasteiger charge is 2.12. The van der Waals surface area contributed by atoms with E-state index >= 15 is 0 Å². The monoisotopic (exact) mass is 371 g/mol. The summed E-state index contributed by atoms with van der Waals surface area (Å²) in [4.78, 5) is 35.9. The zero-order valence-corrected chi connectivity index (χ0v) is 15.3. The number of hydrazine groups is 1. The van der Waals surface area contributed by atoms with E-state index in [0.29, 0.717) is 17.1 Å².